The fraction of sp³-hybridized carbons (Fsp3) is 0.385. The van der Waals surface area contributed by atoms with Gasteiger partial charge in [0.05, 0.1) is 26.2 Å². The number of nitriles is 1. The fourth-order valence-electron chi connectivity index (χ4n) is 1.35. The number of benzene rings is 1. The summed E-state index contributed by atoms with van der Waals surface area (Å²) in [6.07, 6.45) is 0.180. The first kappa shape index (κ1) is 13.0. The van der Waals surface area contributed by atoms with Crippen LogP contribution in [0, 0.1) is 18.3 Å². The van der Waals surface area contributed by atoms with Gasteiger partial charge in [0.1, 0.15) is 5.78 Å². The van der Waals surface area contributed by atoms with Crippen LogP contribution in [0.2, 0.25) is 0 Å². The highest BCUT2D eigenvalue weighted by Gasteiger charge is 2.06. The number of aryl methyl sites for hydroxylation is 1. The molecule has 0 aliphatic carbocycles. The van der Waals surface area contributed by atoms with Gasteiger partial charge in [0.25, 0.3) is 0 Å². The van der Waals surface area contributed by atoms with Crippen molar-refractivity contribution in [2.75, 3.05) is 13.7 Å². The van der Waals surface area contributed by atoms with Gasteiger partial charge in [-0.1, -0.05) is 6.07 Å². The van der Waals surface area contributed by atoms with E-state index in [2.05, 4.69) is 0 Å². The molecule has 1 aromatic rings. The van der Waals surface area contributed by atoms with Crippen molar-refractivity contribution < 1.29 is 14.3 Å². The minimum Gasteiger partial charge on any atom is -0.493 e. The average Bonchev–Trinajstić information content (AvgIpc) is 2.31. The van der Waals surface area contributed by atoms with Crippen molar-refractivity contribution in [1.29, 1.82) is 5.26 Å². The second kappa shape index (κ2) is 6.54. The minimum atomic E-state index is -0.112. The van der Waals surface area contributed by atoms with Crippen LogP contribution in [0.15, 0.2) is 18.2 Å². The molecule has 0 fully saturated rings. The maximum Gasteiger partial charge on any atom is 0.161 e. The second-order valence-corrected chi connectivity index (χ2v) is 3.63. The van der Waals surface area contributed by atoms with Crippen molar-refractivity contribution in [3.63, 3.8) is 0 Å². The zero-order valence-electron chi connectivity index (χ0n) is 10.0. The molecule has 0 aliphatic heterocycles. The predicted octanol–water partition coefficient (Wildman–Crippen LogP) is 2.26. The highest BCUT2D eigenvalue weighted by molar-refractivity contribution is 5.80. The van der Waals surface area contributed by atoms with Crippen molar-refractivity contribution in [2.24, 2.45) is 0 Å². The molecule has 0 saturated carbocycles. The largest absolute Gasteiger partial charge is 0.493 e. The van der Waals surface area contributed by atoms with Gasteiger partial charge in [0.15, 0.2) is 11.5 Å². The topological polar surface area (TPSA) is 59.3 Å². The lowest BCUT2D eigenvalue weighted by Crippen LogP contribution is -2.06. The van der Waals surface area contributed by atoms with E-state index in [0.29, 0.717) is 11.5 Å². The maximum atomic E-state index is 11.1. The number of hydrogen-bond acceptors (Lipinski definition) is 4. The molecule has 0 saturated heterocycles. The summed E-state index contributed by atoms with van der Waals surface area (Å²) in [6.45, 7) is 2.22. The number of carbonyl (C=O) groups excluding carboxylic acids is 1. The van der Waals surface area contributed by atoms with Gasteiger partial charge in [-0.2, -0.15) is 5.26 Å². The van der Waals surface area contributed by atoms with Crippen LogP contribution in [-0.4, -0.2) is 19.5 Å². The first-order valence-electron chi connectivity index (χ1n) is 5.33. The minimum absolute atomic E-state index is 0.0611. The Balaban J connectivity index is 2.52. The SMILES string of the molecule is COc1cc(C)ccc1OCCC(=O)CC#N. The van der Waals surface area contributed by atoms with Crippen LogP contribution in [0.5, 0.6) is 11.5 Å². The normalized spacial score (nSPS) is 9.47. The molecule has 0 radical (unpaired) electrons. The van der Waals surface area contributed by atoms with Gasteiger partial charge >= 0.3 is 0 Å². The predicted molar refractivity (Wildman–Crippen MR) is 63.1 cm³/mol. The van der Waals surface area contributed by atoms with Crippen LogP contribution in [-0.2, 0) is 4.79 Å². The number of ether oxygens (including phenoxy) is 2. The molecule has 0 bridgehead atoms. The summed E-state index contributed by atoms with van der Waals surface area (Å²) in [6, 6.07) is 7.40. The van der Waals surface area contributed by atoms with Crippen LogP contribution < -0.4 is 9.47 Å². The fourth-order valence-corrected chi connectivity index (χ4v) is 1.35. The Labute approximate surface area is 101 Å². The summed E-state index contributed by atoms with van der Waals surface area (Å²) in [5.74, 6) is 1.15. The van der Waals surface area contributed by atoms with E-state index in [1.165, 1.54) is 0 Å². The van der Waals surface area contributed by atoms with Crippen LogP contribution >= 0.6 is 0 Å². The van der Waals surface area contributed by atoms with E-state index in [1.807, 2.05) is 31.2 Å². The van der Waals surface area contributed by atoms with Crippen molar-refractivity contribution in [1.82, 2.24) is 0 Å². The quantitative estimate of drug-likeness (QED) is 0.756. The number of rotatable bonds is 6. The van der Waals surface area contributed by atoms with Crippen molar-refractivity contribution in [3.8, 4) is 17.6 Å². The maximum absolute atomic E-state index is 11.1. The lowest BCUT2D eigenvalue weighted by atomic mass is 10.2. The van der Waals surface area contributed by atoms with E-state index in [4.69, 9.17) is 14.7 Å². The van der Waals surface area contributed by atoms with Gasteiger partial charge in [-0.05, 0) is 24.6 Å². The molecule has 1 aromatic carbocycles. The zero-order valence-corrected chi connectivity index (χ0v) is 10.0. The van der Waals surface area contributed by atoms with E-state index in [9.17, 15) is 4.79 Å². The Kier molecular flexibility index (Phi) is 5.02. The Morgan fingerprint density at radius 2 is 2.18 bits per heavy atom. The molecule has 0 atom stereocenters. The molecule has 0 aliphatic rings. The van der Waals surface area contributed by atoms with Gasteiger partial charge < -0.3 is 9.47 Å². The number of Topliss-reactive ketones (excluding diaryl/α,β-unsaturated/α-hetero) is 1. The zero-order chi connectivity index (χ0) is 12.7. The summed E-state index contributed by atoms with van der Waals surface area (Å²) in [5.41, 5.74) is 1.08. The summed E-state index contributed by atoms with van der Waals surface area (Å²) in [5, 5.41) is 8.33. The summed E-state index contributed by atoms with van der Waals surface area (Å²) in [7, 11) is 1.57. The van der Waals surface area contributed by atoms with Crippen LogP contribution in [0.1, 0.15) is 18.4 Å². The third-order valence-electron chi connectivity index (χ3n) is 2.23. The molecule has 90 valence electrons. The van der Waals surface area contributed by atoms with E-state index in [-0.39, 0.29) is 25.2 Å². The van der Waals surface area contributed by atoms with Crippen molar-refractivity contribution >= 4 is 5.78 Å². The average molecular weight is 233 g/mol. The Morgan fingerprint density at radius 1 is 1.41 bits per heavy atom. The number of ketones is 1. The van der Waals surface area contributed by atoms with Crippen LogP contribution in [0.25, 0.3) is 0 Å². The highest BCUT2D eigenvalue weighted by Crippen LogP contribution is 2.27. The molecule has 0 unspecified atom stereocenters. The lowest BCUT2D eigenvalue weighted by Gasteiger charge is -2.10. The van der Waals surface area contributed by atoms with E-state index < -0.39 is 0 Å². The summed E-state index contributed by atoms with van der Waals surface area (Å²) < 4.78 is 10.6. The molecular formula is C13H15NO3. The van der Waals surface area contributed by atoms with Crippen LogP contribution in [0.3, 0.4) is 0 Å². The number of hydrogen-bond donors (Lipinski definition) is 0. The van der Waals surface area contributed by atoms with Gasteiger partial charge in [0.2, 0.25) is 0 Å². The van der Waals surface area contributed by atoms with E-state index in [0.717, 1.165) is 5.56 Å². The molecule has 4 nitrogen and oxygen atoms in total. The van der Waals surface area contributed by atoms with Crippen LogP contribution in [0.4, 0.5) is 0 Å². The number of nitrogens with zero attached hydrogens (tertiary/aromatic N) is 1. The first-order chi connectivity index (χ1) is 8.17. The lowest BCUT2D eigenvalue weighted by molar-refractivity contribution is -0.118. The Bertz CT molecular complexity index is 435. The third kappa shape index (κ3) is 4.15. The molecule has 0 N–H and O–H groups in total. The highest BCUT2D eigenvalue weighted by atomic mass is 16.5. The molecule has 1 rings (SSSR count). The van der Waals surface area contributed by atoms with Gasteiger partial charge in [-0.25, -0.2) is 0 Å². The number of carbonyl (C=O) groups is 1. The second-order valence-electron chi connectivity index (χ2n) is 3.63. The molecule has 0 spiro atoms. The molecular weight excluding hydrogens is 218 g/mol. The van der Waals surface area contributed by atoms with E-state index in [1.54, 1.807) is 7.11 Å². The van der Waals surface area contributed by atoms with Crippen molar-refractivity contribution in [2.45, 2.75) is 19.8 Å². The summed E-state index contributed by atoms with van der Waals surface area (Å²) in [4.78, 5) is 11.1. The van der Waals surface area contributed by atoms with Crippen molar-refractivity contribution in [3.05, 3.63) is 23.8 Å². The summed E-state index contributed by atoms with van der Waals surface area (Å²) >= 11 is 0. The molecule has 0 heterocycles. The van der Waals surface area contributed by atoms with Gasteiger partial charge in [-0.3, -0.25) is 4.79 Å². The van der Waals surface area contributed by atoms with Gasteiger partial charge in [-0.15, -0.1) is 0 Å². The molecule has 0 aromatic heterocycles. The Hall–Kier alpha value is -2.02. The molecule has 0 amide bonds. The standard InChI is InChI=1S/C13H15NO3/c1-10-3-4-12(13(9-10)16-2)17-8-6-11(15)5-7-14/h3-4,9H,5-6,8H2,1-2H3. The van der Waals surface area contributed by atoms with E-state index >= 15 is 0 Å². The third-order valence-corrected chi connectivity index (χ3v) is 2.23. The van der Waals surface area contributed by atoms with Gasteiger partial charge in [0, 0.05) is 6.42 Å². The smallest absolute Gasteiger partial charge is 0.161 e. The monoisotopic (exact) mass is 233 g/mol. The Morgan fingerprint density at radius 3 is 2.82 bits per heavy atom. The number of methoxy groups -OCH3 is 1. The molecule has 17 heavy (non-hydrogen) atoms. The first-order valence-corrected chi connectivity index (χ1v) is 5.33. The molecule has 4 heteroatoms.